The molecule has 114 valence electrons. The number of fused-ring (bicyclic) bond motifs is 1. The minimum atomic E-state index is 0.342. The number of anilines is 1. The van der Waals surface area contributed by atoms with E-state index in [1.165, 1.54) is 19.3 Å². The molecule has 0 spiro atoms. The first-order chi connectivity index (χ1) is 9.94. The zero-order chi connectivity index (χ0) is 15.0. The zero-order valence-corrected chi connectivity index (χ0v) is 13.6. The molecule has 1 saturated carbocycles. The van der Waals surface area contributed by atoms with Crippen molar-refractivity contribution in [2.24, 2.45) is 5.41 Å². The Hall–Kier alpha value is -1.58. The molecule has 2 aromatic heterocycles. The Morgan fingerprint density at radius 2 is 2.00 bits per heavy atom. The Labute approximate surface area is 127 Å². The fourth-order valence-electron chi connectivity index (χ4n) is 2.73. The van der Waals surface area contributed by atoms with E-state index in [2.05, 4.69) is 36.7 Å². The van der Waals surface area contributed by atoms with E-state index in [1.54, 1.807) is 0 Å². The van der Waals surface area contributed by atoms with E-state index in [0.29, 0.717) is 11.5 Å². The predicted octanol–water partition coefficient (Wildman–Crippen LogP) is 4.31. The number of imidazole rings is 1. The van der Waals surface area contributed by atoms with Gasteiger partial charge in [-0.25, -0.2) is 9.97 Å². The van der Waals surface area contributed by atoms with Crippen molar-refractivity contribution < 1.29 is 0 Å². The molecule has 2 aromatic rings. The van der Waals surface area contributed by atoms with Crippen molar-refractivity contribution in [2.75, 3.05) is 11.9 Å². The molecule has 0 bridgehead atoms. The van der Waals surface area contributed by atoms with Gasteiger partial charge in [-0.05, 0) is 50.2 Å². The Kier molecular flexibility index (Phi) is 3.64. The summed E-state index contributed by atoms with van der Waals surface area (Å²) in [5.41, 5.74) is 3.45. The van der Waals surface area contributed by atoms with Gasteiger partial charge < -0.3 is 5.32 Å². The SMILES string of the molecule is Cc1ccc2nc(NCCC(C)(C)C)n(C3CCC3)c2n1. The maximum Gasteiger partial charge on any atom is 0.205 e. The van der Waals surface area contributed by atoms with Crippen LogP contribution in [0.25, 0.3) is 11.2 Å². The van der Waals surface area contributed by atoms with Crippen LogP contribution in [-0.2, 0) is 0 Å². The second-order valence-electron chi connectivity index (χ2n) is 7.42. The van der Waals surface area contributed by atoms with Crippen LogP contribution in [0.5, 0.6) is 0 Å². The van der Waals surface area contributed by atoms with Crippen LogP contribution in [0, 0.1) is 12.3 Å². The van der Waals surface area contributed by atoms with Crippen molar-refractivity contribution in [2.45, 2.75) is 59.4 Å². The predicted molar refractivity (Wildman–Crippen MR) is 87.7 cm³/mol. The molecule has 2 heterocycles. The summed E-state index contributed by atoms with van der Waals surface area (Å²) in [6.07, 6.45) is 4.94. The van der Waals surface area contributed by atoms with Gasteiger partial charge in [0.05, 0.1) is 0 Å². The summed E-state index contributed by atoms with van der Waals surface area (Å²) >= 11 is 0. The molecule has 0 aliphatic heterocycles. The lowest BCUT2D eigenvalue weighted by Crippen LogP contribution is -2.21. The lowest BCUT2D eigenvalue weighted by Gasteiger charge is -2.29. The highest BCUT2D eigenvalue weighted by molar-refractivity contribution is 5.75. The van der Waals surface area contributed by atoms with Crippen molar-refractivity contribution >= 4 is 17.1 Å². The van der Waals surface area contributed by atoms with Crippen LogP contribution in [0.15, 0.2) is 12.1 Å². The first-order valence-electron chi connectivity index (χ1n) is 8.03. The van der Waals surface area contributed by atoms with Crippen LogP contribution >= 0.6 is 0 Å². The molecule has 4 nitrogen and oxygen atoms in total. The Bertz CT molecular complexity index is 632. The minimum Gasteiger partial charge on any atom is -0.356 e. The van der Waals surface area contributed by atoms with E-state index in [0.717, 1.165) is 35.8 Å². The van der Waals surface area contributed by atoms with Crippen LogP contribution in [0.2, 0.25) is 0 Å². The van der Waals surface area contributed by atoms with Crippen LogP contribution in [0.1, 0.15) is 58.2 Å². The van der Waals surface area contributed by atoms with Crippen molar-refractivity contribution in [3.63, 3.8) is 0 Å². The fraction of sp³-hybridized carbons (Fsp3) is 0.647. The number of pyridine rings is 1. The fourth-order valence-corrected chi connectivity index (χ4v) is 2.73. The standard InChI is InChI=1S/C17H26N4/c1-12-8-9-14-15(19-12)21(13-6-5-7-13)16(20-14)18-11-10-17(2,3)4/h8-9,13H,5-7,10-11H2,1-4H3,(H,18,20). The largest absolute Gasteiger partial charge is 0.356 e. The quantitative estimate of drug-likeness (QED) is 0.910. The highest BCUT2D eigenvalue weighted by Crippen LogP contribution is 2.36. The van der Waals surface area contributed by atoms with Crippen LogP contribution in [0.3, 0.4) is 0 Å². The van der Waals surface area contributed by atoms with Crippen molar-refractivity contribution in [1.82, 2.24) is 14.5 Å². The second kappa shape index (κ2) is 5.32. The summed E-state index contributed by atoms with van der Waals surface area (Å²) in [5, 5.41) is 3.54. The maximum absolute atomic E-state index is 4.77. The van der Waals surface area contributed by atoms with Crippen LogP contribution < -0.4 is 5.32 Å². The molecule has 0 radical (unpaired) electrons. The van der Waals surface area contributed by atoms with Crippen LogP contribution in [-0.4, -0.2) is 21.1 Å². The average Bonchev–Trinajstić information content (AvgIpc) is 2.64. The van der Waals surface area contributed by atoms with E-state index in [-0.39, 0.29) is 0 Å². The Morgan fingerprint density at radius 3 is 2.62 bits per heavy atom. The summed E-state index contributed by atoms with van der Waals surface area (Å²) in [6.45, 7) is 9.82. The van der Waals surface area contributed by atoms with Gasteiger partial charge in [0, 0.05) is 18.3 Å². The molecular weight excluding hydrogens is 260 g/mol. The van der Waals surface area contributed by atoms with Gasteiger partial charge in [-0.2, -0.15) is 0 Å². The van der Waals surface area contributed by atoms with E-state index >= 15 is 0 Å². The average molecular weight is 286 g/mol. The lowest BCUT2D eigenvalue weighted by atomic mass is 9.92. The number of rotatable bonds is 4. The lowest BCUT2D eigenvalue weighted by molar-refractivity contribution is 0.321. The topological polar surface area (TPSA) is 42.7 Å². The molecule has 1 aliphatic carbocycles. The number of hydrogen-bond acceptors (Lipinski definition) is 3. The molecule has 0 atom stereocenters. The molecule has 0 amide bonds. The first-order valence-corrected chi connectivity index (χ1v) is 8.03. The number of nitrogens with zero attached hydrogens (tertiary/aromatic N) is 3. The summed E-state index contributed by atoms with van der Waals surface area (Å²) in [5.74, 6) is 0.997. The van der Waals surface area contributed by atoms with Crippen molar-refractivity contribution in [1.29, 1.82) is 0 Å². The monoisotopic (exact) mass is 286 g/mol. The van der Waals surface area contributed by atoms with Crippen molar-refractivity contribution in [3.8, 4) is 0 Å². The van der Waals surface area contributed by atoms with Crippen LogP contribution in [0.4, 0.5) is 5.95 Å². The summed E-state index contributed by atoms with van der Waals surface area (Å²) in [6, 6.07) is 4.70. The minimum absolute atomic E-state index is 0.342. The summed E-state index contributed by atoms with van der Waals surface area (Å²) in [7, 11) is 0. The summed E-state index contributed by atoms with van der Waals surface area (Å²) in [4.78, 5) is 9.48. The van der Waals surface area contributed by atoms with Gasteiger partial charge >= 0.3 is 0 Å². The zero-order valence-electron chi connectivity index (χ0n) is 13.6. The molecule has 1 fully saturated rings. The Morgan fingerprint density at radius 1 is 1.24 bits per heavy atom. The van der Waals surface area contributed by atoms with E-state index in [1.807, 2.05) is 13.0 Å². The third-order valence-corrected chi connectivity index (χ3v) is 4.27. The van der Waals surface area contributed by atoms with E-state index in [4.69, 9.17) is 9.97 Å². The molecule has 0 aromatic carbocycles. The number of hydrogen-bond donors (Lipinski definition) is 1. The molecular formula is C17H26N4. The molecule has 4 heteroatoms. The molecule has 0 unspecified atom stereocenters. The molecule has 21 heavy (non-hydrogen) atoms. The van der Waals surface area contributed by atoms with Gasteiger partial charge in [-0.1, -0.05) is 20.8 Å². The summed E-state index contributed by atoms with van der Waals surface area (Å²) < 4.78 is 2.33. The second-order valence-corrected chi connectivity index (χ2v) is 7.42. The molecule has 1 aliphatic rings. The maximum atomic E-state index is 4.77. The number of aromatic nitrogens is 3. The smallest absolute Gasteiger partial charge is 0.205 e. The van der Waals surface area contributed by atoms with Gasteiger partial charge in [0.2, 0.25) is 5.95 Å². The number of aryl methyl sites for hydroxylation is 1. The van der Waals surface area contributed by atoms with Gasteiger partial charge in [-0.15, -0.1) is 0 Å². The third-order valence-electron chi connectivity index (χ3n) is 4.27. The van der Waals surface area contributed by atoms with Gasteiger partial charge in [0.15, 0.2) is 5.65 Å². The first kappa shape index (κ1) is 14.4. The number of nitrogens with one attached hydrogen (secondary N) is 1. The molecule has 0 saturated heterocycles. The highest BCUT2D eigenvalue weighted by atomic mass is 15.3. The Balaban J connectivity index is 1.89. The van der Waals surface area contributed by atoms with E-state index in [9.17, 15) is 0 Å². The highest BCUT2D eigenvalue weighted by Gasteiger charge is 2.25. The van der Waals surface area contributed by atoms with Gasteiger partial charge in [0.1, 0.15) is 5.52 Å². The molecule has 3 rings (SSSR count). The van der Waals surface area contributed by atoms with E-state index < -0.39 is 0 Å². The van der Waals surface area contributed by atoms with Gasteiger partial charge in [-0.3, -0.25) is 4.57 Å². The van der Waals surface area contributed by atoms with Gasteiger partial charge in [0.25, 0.3) is 0 Å². The third kappa shape index (κ3) is 3.04. The molecule has 1 N–H and O–H groups in total. The normalized spacial score (nSPS) is 16.2. The van der Waals surface area contributed by atoms with Crippen molar-refractivity contribution in [3.05, 3.63) is 17.8 Å².